The smallest absolute Gasteiger partial charge is 0.336 e. The van der Waals surface area contributed by atoms with Crippen molar-refractivity contribution in [1.82, 2.24) is 24.8 Å². The molecule has 5 N–H and O–H groups in total. The minimum Gasteiger partial charge on any atom is -0.458 e. The third kappa shape index (κ3) is 4.51. The number of anilines is 4. The molecule has 0 spiro atoms. The number of nitrogens with one attached hydrogen (secondary N) is 3. The van der Waals surface area contributed by atoms with Crippen molar-refractivity contribution in [2.24, 2.45) is 0 Å². The molecule has 2 aromatic carbocycles. The Morgan fingerprint density at radius 3 is 2.71 bits per heavy atom. The van der Waals surface area contributed by atoms with Crippen LogP contribution in [0.1, 0.15) is 21.6 Å². The van der Waals surface area contributed by atoms with Crippen LogP contribution in [0.25, 0.3) is 5.52 Å². The van der Waals surface area contributed by atoms with Crippen molar-refractivity contribution in [2.45, 2.75) is 13.5 Å². The van der Waals surface area contributed by atoms with Crippen molar-refractivity contribution in [3.05, 3.63) is 89.7 Å². The van der Waals surface area contributed by atoms with E-state index in [1.165, 1.54) is 0 Å². The maximum atomic E-state index is 12.5. The Morgan fingerprint density at radius 1 is 1.12 bits per heavy atom. The van der Waals surface area contributed by atoms with E-state index < -0.39 is 0 Å². The van der Waals surface area contributed by atoms with Gasteiger partial charge in [-0.3, -0.25) is 9.89 Å². The van der Waals surface area contributed by atoms with Crippen LogP contribution >= 0.6 is 0 Å². The van der Waals surface area contributed by atoms with E-state index in [2.05, 4.69) is 30.9 Å². The topological polar surface area (TPSA) is 135 Å². The van der Waals surface area contributed by atoms with E-state index in [1.54, 1.807) is 28.8 Å². The lowest BCUT2D eigenvalue weighted by Crippen LogP contribution is -2.13. The van der Waals surface area contributed by atoms with Crippen molar-refractivity contribution in [3.63, 3.8) is 0 Å². The van der Waals surface area contributed by atoms with Crippen LogP contribution in [0.3, 0.4) is 0 Å². The average molecular weight is 454 g/mol. The molecule has 10 nitrogen and oxygen atoms in total. The summed E-state index contributed by atoms with van der Waals surface area (Å²) >= 11 is 0. The van der Waals surface area contributed by atoms with Gasteiger partial charge in [-0.15, -0.1) is 5.10 Å². The van der Waals surface area contributed by atoms with Crippen LogP contribution in [-0.2, 0) is 6.61 Å². The number of nitrogen functional groups attached to an aromatic ring is 1. The Hall–Kier alpha value is -4.86. The Morgan fingerprint density at radius 2 is 1.94 bits per heavy atom. The quantitative estimate of drug-likeness (QED) is 0.274. The van der Waals surface area contributed by atoms with Gasteiger partial charge in [0.15, 0.2) is 11.6 Å². The first-order chi connectivity index (χ1) is 16.5. The monoisotopic (exact) mass is 454 g/mol. The molecular formula is C24H22N8O2. The minimum absolute atomic E-state index is 0.208. The number of benzene rings is 2. The van der Waals surface area contributed by atoms with Crippen molar-refractivity contribution < 1.29 is 9.53 Å². The highest BCUT2D eigenvalue weighted by molar-refractivity contribution is 6.05. The zero-order valence-corrected chi connectivity index (χ0v) is 18.3. The first-order valence-electron chi connectivity index (χ1n) is 10.6. The number of hydrogen-bond acceptors (Lipinski definition) is 7. The molecule has 0 bridgehead atoms. The van der Waals surface area contributed by atoms with Crippen LogP contribution in [-0.4, -0.2) is 30.7 Å². The van der Waals surface area contributed by atoms with E-state index in [0.29, 0.717) is 28.6 Å². The molecule has 0 aliphatic carbocycles. The number of fused-ring (bicyclic) bond motifs is 1. The summed E-state index contributed by atoms with van der Waals surface area (Å²) in [5, 5.41) is 17.5. The number of amides is 1. The summed E-state index contributed by atoms with van der Waals surface area (Å²) in [6.45, 7) is 2.16. The lowest BCUT2D eigenvalue weighted by atomic mass is 10.1. The van der Waals surface area contributed by atoms with Crippen molar-refractivity contribution in [3.8, 4) is 6.01 Å². The SMILES string of the molecule is Cc1cc(Nc2nc(OCc3ccc(C(=O)Nc4ccccc4N)cc3)nn3cccc23)n[nH]1. The van der Waals surface area contributed by atoms with E-state index >= 15 is 0 Å². The van der Waals surface area contributed by atoms with E-state index in [0.717, 1.165) is 16.8 Å². The second kappa shape index (κ2) is 8.94. The molecule has 0 atom stereocenters. The number of nitrogens with zero attached hydrogens (tertiary/aromatic N) is 4. The van der Waals surface area contributed by atoms with Gasteiger partial charge in [-0.1, -0.05) is 24.3 Å². The number of para-hydroxylation sites is 2. The van der Waals surface area contributed by atoms with Gasteiger partial charge < -0.3 is 21.1 Å². The third-order valence-electron chi connectivity index (χ3n) is 5.12. The molecule has 0 radical (unpaired) electrons. The lowest BCUT2D eigenvalue weighted by molar-refractivity contribution is 0.102. The highest BCUT2D eigenvalue weighted by Gasteiger charge is 2.12. The second-order valence-electron chi connectivity index (χ2n) is 7.67. The number of hydrogen-bond donors (Lipinski definition) is 4. The predicted molar refractivity (Wildman–Crippen MR) is 129 cm³/mol. The maximum absolute atomic E-state index is 12.5. The van der Waals surface area contributed by atoms with Crippen LogP contribution in [0.5, 0.6) is 6.01 Å². The zero-order chi connectivity index (χ0) is 23.5. The van der Waals surface area contributed by atoms with Crippen molar-refractivity contribution in [2.75, 3.05) is 16.4 Å². The molecule has 34 heavy (non-hydrogen) atoms. The lowest BCUT2D eigenvalue weighted by Gasteiger charge is -2.10. The molecular weight excluding hydrogens is 432 g/mol. The summed E-state index contributed by atoms with van der Waals surface area (Å²) in [4.78, 5) is 17.0. The summed E-state index contributed by atoms with van der Waals surface area (Å²) in [6.07, 6.45) is 1.82. The Balaban J connectivity index is 1.27. The van der Waals surface area contributed by atoms with Gasteiger partial charge >= 0.3 is 6.01 Å². The number of nitrogens with two attached hydrogens (primary N) is 1. The summed E-state index contributed by atoms with van der Waals surface area (Å²) in [6, 6.07) is 20.1. The number of carbonyl (C=O) groups excluding carboxylic acids is 1. The standard InChI is InChI=1S/C24H22N8O2/c1-15-13-21(30-29-15)27-22-20-7-4-12-32(20)31-24(28-22)34-14-16-8-10-17(11-9-16)23(33)26-19-6-3-2-5-18(19)25/h2-13H,14,25H2,1H3,(H,26,33)(H2,27,28,29,30,31). The Kier molecular flexibility index (Phi) is 5.53. The van der Waals surface area contributed by atoms with Gasteiger partial charge in [-0.05, 0) is 48.9 Å². The number of aromatic nitrogens is 5. The fourth-order valence-corrected chi connectivity index (χ4v) is 3.38. The molecule has 170 valence electrons. The van der Waals surface area contributed by atoms with E-state index in [-0.39, 0.29) is 18.5 Å². The van der Waals surface area contributed by atoms with Crippen LogP contribution in [0.15, 0.2) is 72.9 Å². The molecule has 3 aromatic heterocycles. The summed E-state index contributed by atoms with van der Waals surface area (Å²) in [5.74, 6) is 0.987. The van der Waals surface area contributed by atoms with Gasteiger partial charge in [-0.2, -0.15) is 10.1 Å². The molecule has 1 amide bonds. The molecule has 3 heterocycles. The number of ether oxygens (including phenoxy) is 1. The Bertz CT molecular complexity index is 1460. The Labute approximate surface area is 194 Å². The van der Waals surface area contributed by atoms with Gasteiger partial charge in [-0.25, -0.2) is 4.52 Å². The van der Waals surface area contributed by atoms with Gasteiger partial charge in [0, 0.05) is 23.5 Å². The molecule has 0 unspecified atom stereocenters. The first kappa shape index (κ1) is 21.0. The highest BCUT2D eigenvalue weighted by Crippen LogP contribution is 2.22. The average Bonchev–Trinajstić information content (AvgIpc) is 3.48. The molecule has 10 heteroatoms. The summed E-state index contributed by atoms with van der Waals surface area (Å²) < 4.78 is 7.52. The normalized spacial score (nSPS) is 10.9. The third-order valence-corrected chi connectivity index (χ3v) is 5.12. The van der Waals surface area contributed by atoms with Gasteiger partial charge in [0.25, 0.3) is 5.91 Å². The van der Waals surface area contributed by atoms with E-state index in [9.17, 15) is 4.79 Å². The number of rotatable bonds is 7. The molecule has 0 saturated carbocycles. The maximum Gasteiger partial charge on any atom is 0.336 e. The molecule has 5 aromatic rings. The minimum atomic E-state index is -0.240. The van der Waals surface area contributed by atoms with E-state index in [4.69, 9.17) is 10.5 Å². The van der Waals surface area contributed by atoms with Crippen LogP contribution in [0.4, 0.5) is 23.0 Å². The van der Waals surface area contributed by atoms with E-state index in [1.807, 2.05) is 55.6 Å². The van der Waals surface area contributed by atoms with Crippen molar-refractivity contribution >= 4 is 34.4 Å². The fourth-order valence-electron chi connectivity index (χ4n) is 3.38. The van der Waals surface area contributed by atoms with Crippen LogP contribution in [0.2, 0.25) is 0 Å². The first-order valence-corrected chi connectivity index (χ1v) is 10.6. The second-order valence-corrected chi connectivity index (χ2v) is 7.67. The van der Waals surface area contributed by atoms with Crippen LogP contribution < -0.4 is 21.1 Å². The van der Waals surface area contributed by atoms with Crippen molar-refractivity contribution in [1.29, 1.82) is 0 Å². The van der Waals surface area contributed by atoms with Gasteiger partial charge in [0.1, 0.15) is 12.1 Å². The predicted octanol–water partition coefficient (Wildman–Crippen LogP) is 3.92. The molecule has 0 saturated heterocycles. The molecule has 0 aliphatic rings. The number of carbonyl (C=O) groups is 1. The van der Waals surface area contributed by atoms with Gasteiger partial charge in [0.2, 0.25) is 0 Å². The summed E-state index contributed by atoms with van der Waals surface area (Å²) in [5.41, 5.74) is 10.1. The number of aromatic amines is 1. The molecule has 0 fully saturated rings. The largest absolute Gasteiger partial charge is 0.458 e. The number of H-pyrrole nitrogens is 1. The highest BCUT2D eigenvalue weighted by atomic mass is 16.5. The summed E-state index contributed by atoms with van der Waals surface area (Å²) in [7, 11) is 0. The number of aryl methyl sites for hydroxylation is 1. The fraction of sp³-hybridized carbons (Fsp3) is 0.0833. The molecule has 5 rings (SSSR count). The molecule has 0 aliphatic heterocycles. The van der Waals surface area contributed by atoms with Gasteiger partial charge in [0.05, 0.1) is 11.4 Å². The van der Waals surface area contributed by atoms with Crippen LogP contribution in [0, 0.1) is 6.92 Å². The zero-order valence-electron chi connectivity index (χ0n) is 18.3.